The SMILES string of the molecule is O=C(Nc1ccc(Cl)cc1-c1noc(=O)[nH]1)c1cc2cccc(NS(=O)(=O)Cc3ccccc3)c2[nH]1. The van der Waals surface area contributed by atoms with Gasteiger partial charge in [-0.3, -0.25) is 19.0 Å². The van der Waals surface area contributed by atoms with Crippen LogP contribution >= 0.6 is 11.6 Å². The number of rotatable bonds is 7. The van der Waals surface area contributed by atoms with Crippen molar-refractivity contribution in [3.8, 4) is 11.4 Å². The van der Waals surface area contributed by atoms with E-state index in [-0.39, 0.29) is 17.3 Å². The third-order valence-corrected chi connectivity index (χ3v) is 6.77. The molecule has 1 amide bonds. The number of H-pyrrole nitrogens is 2. The summed E-state index contributed by atoms with van der Waals surface area (Å²) in [4.78, 5) is 29.9. The number of carbonyl (C=O) groups is 1. The number of anilines is 2. The third kappa shape index (κ3) is 5.02. The largest absolute Gasteiger partial charge is 0.439 e. The van der Waals surface area contributed by atoms with E-state index in [4.69, 9.17) is 11.6 Å². The molecular weight excluding hydrogens is 506 g/mol. The highest BCUT2D eigenvalue weighted by atomic mass is 35.5. The lowest BCUT2D eigenvalue weighted by atomic mass is 10.1. The summed E-state index contributed by atoms with van der Waals surface area (Å²) in [7, 11) is -3.70. The maximum absolute atomic E-state index is 13.1. The number of fused-ring (bicyclic) bond motifs is 1. The van der Waals surface area contributed by atoms with Gasteiger partial charge in [0, 0.05) is 16.0 Å². The van der Waals surface area contributed by atoms with Crippen LogP contribution in [0.25, 0.3) is 22.3 Å². The number of aromatic amines is 2. The van der Waals surface area contributed by atoms with Crippen LogP contribution in [0.1, 0.15) is 16.1 Å². The maximum Gasteiger partial charge on any atom is 0.439 e. The van der Waals surface area contributed by atoms with E-state index in [0.717, 1.165) is 0 Å². The molecule has 0 atom stereocenters. The number of hydrogen-bond acceptors (Lipinski definition) is 6. The van der Waals surface area contributed by atoms with Gasteiger partial charge in [-0.25, -0.2) is 13.2 Å². The van der Waals surface area contributed by atoms with Crippen molar-refractivity contribution < 1.29 is 17.7 Å². The summed E-state index contributed by atoms with van der Waals surface area (Å²) < 4.78 is 32.6. The number of carbonyl (C=O) groups excluding carboxylic acids is 1. The van der Waals surface area contributed by atoms with Gasteiger partial charge in [0.25, 0.3) is 5.91 Å². The minimum atomic E-state index is -3.70. The summed E-state index contributed by atoms with van der Waals surface area (Å²) >= 11 is 6.08. The van der Waals surface area contributed by atoms with Gasteiger partial charge in [-0.05, 0) is 35.9 Å². The second kappa shape index (κ2) is 9.36. The number of hydrogen-bond donors (Lipinski definition) is 4. The lowest BCUT2D eigenvalue weighted by Crippen LogP contribution is -2.15. The Hall–Kier alpha value is -4.35. The third-order valence-electron chi connectivity index (χ3n) is 5.29. The van der Waals surface area contributed by atoms with Crippen LogP contribution < -0.4 is 15.8 Å². The fourth-order valence-corrected chi connectivity index (χ4v) is 5.10. The van der Waals surface area contributed by atoms with Crippen LogP contribution in [0.3, 0.4) is 0 Å². The van der Waals surface area contributed by atoms with Gasteiger partial charge < -0.3 is 10.3 Å². The maximum atomic E-state index is 13.1. The number of nitrogens with one attached hydrogen (secondary N) is 4. The minimum Gasteiger partial charge on any atom is -0.349 e. The topological polar surface area (TPSA) is 150 Å². The summed E-state index contributed by atoms with van der Waals surface area (Å²) in [5.74, 6) is -1.34. The van der Waals surface area contributed by atoms with Gasteiger partial charge in [0.1, 0.15) is 5.69 Å². The van der Waals surface area contributed by atoms with E-state index >= 15 is 0 Å². The molecule has 0 saturated carbocycles. The van der Waals surface area contributed by atoms with Crippen molar-refractivity contribution in [2.45, 2.75) is 5.75 Å². The Balaban J connectivity index is 1.42. The van der Waals surface area contributed by atoms with Crippen molar-refractivity contribution in [1.29, 1.82) is 0 Å². The average molecular weight is 524 g/mol. The molecule has 3 aromatic carbocycles. The van der Waals surface area contributed by atoms with Crippen molar-refractivity contribution in [2.75, 3.05) is 10.0 Å². The number of amides is 1. The highest BCUT2D eigenvalue weighted by Gasteiger charge is 2.18. The molecule has 10 nitrogen and oxygen atoms in total. The molecule has 0 saturated heterocycles. The Morgan fingerprint density at radius 3 is 2.53 bits per heavy atom. The van der Waals surface area contributed by atoms with Crippen LogP contribution in [0.4, 0.5) is 11.4 Å². The highest BCUT2D eigenvalue weighted by Crippen LogP contribution is 2.30. The van der Waals surface area contributed by atoms with Crippen molar-refractivity contribution in [3.05, 3.63) is 99.6 Å². The zero-order chi connectivity index (χ0) is 25.3. The van der Waals surface area contributed by atoms with Crippen LogP contribution in [0, 0.1) is 0 Å². The smallest absolute Gasteiger partial charge is 0.349 e. The van der Waals surface area contributed by atoms with E-state index in [2.05, 4.69) is 29.7 Å². The lowest BCUT2D eigenvalue weighted by Gasteiger charge is -2.10. The zero-order valence-electron chi connectivity index (χ0n) is 18.4. The second-order valence-electron chi connectivity index (χ2n) is 7.89. The fourth-order valence-electron chi connectivity index (χ4n) is 3.72. The molecule has 2 aromatic heterocycles. The molecule has 36 heavy (non-hydrogen) atoms. The molecule has 0 spiro atoms. The van der Waals surface area contributed by atoms with Gasteiger partial charge in [-0.1, -0.05) is 59.2 Å². The number of aromatic nitrogens is 3. The lowest BCUT2D eigenvalue weighted by molar-refractivity contribution is 0.102. The molecule has 0 bridgehead atoms. The van der Waals surface area contributed by atoms with Crippen molar-refractivity contribution in [1.82, 2.24) is 15.1 Å². The Bertz CT molecular complexity index is 1740. The molecule has 5 rings (SSSR count). The first-order chi connectivity index (χ1) is 17.3. The first kappa shape index (κ1) is 23.4. The zero-order valence-corrected chi connectivity index (χ0v) is 20.0. The molecule has 0 radical (unpaired) electrons. The molecule has 0 aliphatic heterocycles. The second-order valence-corrected chi connectivity index (χ2v) is 10.0. The van der Waals surface area contributed by atoms with E-state index in [0.29, 0.717) is 38.4 Å². The van der Waals surface area contributed by atoms with Crippen LogP contribution in [-0.4, -0.2) is 29.4 Å². The quantitative estimate of drug-likeness (QED) is 0.249. The Kier molecular flexibility index (Phi) is 6.08. The summed E-state index contributed by atoms with van der Waals surface area (Å²) in [6.07, 6.45) is 0. The Morgan fingerprint density at radius 2 is 1.78 bits per heavy atom. The standard InChI is InChI=1S/C24H18ClN5O5S/c25-16-9-10-18(17(12-16)22-28-24(32)35-29-22)27-23(31)20-11-15-7-4-8-19(21(15)26-20)30-36(33,34)13-14-5-2-1-3-6-14/h1-12,26,30H,13H2,(H,27,31)(H,28,29,32). The molecule has 0 fully saturated rings. The summed E-state index contributed by atoms with van der Waals surface area (Å²) in [6, 6.07) is 20.1. The van der Waals surface area contributed by atoms with E-state index in [1.165, 1.54) is 6.07 Å². The van der Waals surface area contributed by atoms with Crippen LogP contribution in [0.2, 0.25) is 5.02 Å². The Morgan fingerprint density at radius 1 is 0.972 bits per heavy atom. The molecule has 5 aromatic rings. The molecule has 2 heterocycles. The van der Waals surface area contributed by atoms with Crippen LogP contribution in [0.5, 0.6) is 0 Å². The fraction of sp³-hybridized carbons (Fsp3) is 0.0417. The molecule has 182 valence electrons. The van der Waals surface area contributed by atoms with Crippen molar-refractivity contribution >= 4 is 49.8 Å². The first-order valence-electron chi connectivity index (χ1n) is 10.6. The summed E-state index contributed by atoms with van der Waals surface area (Å²) in [5.41, 5.74) is 2.29. The van der Waals surface area contributed by atoms with Gasteiger partial charge in [0.15, 0.2) is 5.82 Å². The van der Waals surface area contributed by atoms with Crippen LogP contribution in [0.15, 0.2) is 82.1 Å². The van der Waals surface area contributed by atoms with Gasteiger partial charge in [0.05, 0.1) is 22.6 Å². The molecule has 0 aliphatic carbocycles. The molecular formula is C24H18ClN5O5S. The van der Waals surface area contributed by atoms with Gasteiger partial charge in [0.2, 0.25) is 10.0 Å². The van der Waals surface area contributed by atoms with E-state index in [9.17, 15) is 18.0 Å². The van der Waals surface area contributed by atoms with E-state index in [1.54, 1.807) is 60.7 Å². The van der Waals surface area contributed by atoms with Crippen molar-refractivity contribution in [2.24, 2.45) is 0 Å². The number of nitrogens with zero attached hydrogens (tertiary/aromatic N) is 1. The predicted molar refractivity (Wildman–Crippen MR) is 137 cm³/mol. The monoisotopic (exact) mass is 523 g/mol. The number of benzene rings is 3. The van der Waals surface area contributed by atoms with Gasteiger partial charge in [-0.2, -0.15) is 0 Å². The minimum absolute atomic E-state index is 0.101. The summed E-state index contributed by atoms with van der Waals surface area (Å²) in [5, 5.41) is 7.41. The van der Waals surface area contributed by atoms with E-state index in [1.807, 2.05) is 6.07 Å². The molecule has 0 aliphatic rings. The van der Waals surface area contributed by atoms with Crippen LogP contribution in [-0.2, 0) is 15.8 Å². The molecule has 4 N–H and O–H groups in total. The first-order valence-corrected chi connectivity index (χ1v) is 12.6. The number of halogens is 1. The van der Waals surface area contributed by atoms with E-state index < -0.39 is 21.7 Å². The highest BCUT2D eigenvalue weighted by molar-refractivity contribution is 7.91. The predicted octanol–water partition coefficient (Wildman–Crippen LogP) is 4.36. The summed E-state index contributed by atoms with van der Waals surface area (Å²) in [6.45, 7) is 0. The normalized spacial score (nSPS) is 11.5. The Labute approximate surface area is 209 Å². The molecule has 0 unspecified atom stereocenters. The average Bonchev–Trinajstić information content (AvgIpc) is 3.47. The number of para-hydroxylation sites is 1. The number of sulfonamides is 1. The van der Waals surface area contributed by atoms with Gasteiger partial charge in [-0.15, -0.1) is 0 Å². The molecule has 12 heteroatoms. The van der Waals surface area contributed by atoms with Gasteiger partial charge >= 0.3 is 5.76 Å². The van der Waals surface area contributed by atoms with Crippen molar-refractivity contribution in [3.63, 3.8) is 0 Å².